The van der Waals surface area contributed by atoms with Crippen LogP contribution >= 0.6 is 15.9 Å². The van der Waals surface area contributed by atoms with Gasteiger partial charge in [-0.05, 0) is 48.0 Å². The lowest BCUT2D eigenvalue weighted by Gasteiger charge is -2.18. The molecule has 4 nitrogen and oxygen atoms in total. The quantitative estimate of drug-likeness (QED) is 0.932. The zero-order valence-corrected chi connectivity index (χ0v) is 11.5. The third-order valence-corrected chi connectivity index (χ3v) is 2.82. The van der Waals surface area contributed by atoms with Crippen molar-refractivity contribution in [3.8, 4) is 11.8 Å². The zero-order valence-electron chi connectivity index (χ0n) is 9.87. The second-order valence-electron chi connectivity index (χ2n) is 4.04. The van der Waals surface area contributed by atoms with Gasteiger partial charge in [-0.2, -0.15) is 5.26 Å². The smallest absolute Gasteiger partial charge is 0.253 e. The molecule has 1 N–H and O–H groups in total. The van der Waals surface area contributed by atoms with Crippen LogP contribution in [0.5, 0.6) is 5.75 Å². The SMILES string of the molecule is COc1ccc(Br)c(C(=O)NC(C)(C)C#N)c1. The summed E-state index contributed by atoms with van der Waals surface area (Å²) >= 11 is 3.29. The molecule has 0 saturated carbocycles. The molecule has 0 aromatic heterocycles. The number of carbonyl (C=O) groups is 1. The average Bonchev–Trinajstić information content (AvgIpc) is 2.29. The Kier molecular flexibility index (Phi) is 4.13. The van der Waals surface area contributed by atoms with Crippen molar-refractivity contribution in [1.29, 1.82) is 5.26 Å². The van der Waals surface area contributed by atoms with Gasteiger partial charge in [0, 0.05) is 4.47 Å². The van der Waals surface area contributed by atoms with Gasteiger partial charge in [0.05, 0.1) is 18.7 Å². The Hall–Kier alpha value is -1.54. The molecule has 0 fully saturated rings. The number of nitrogens with one attached hydrogen (secondary N) is 1. The maximum atomic E-state index is 12.0. The number of hydrogen-bond donors (Lipinski definition) is 1. The van der Waals surface area contributed by atoms with E-state index in [1.165, 1.54) is 7.11 Å². The summed E-state index contributed by atoms with van der Waals surface area (Å²) in [5.74, 6) is 0.274. The molecule has 0 bridgehead atoms. The maximum Gasteiger partial charge on any atom is 0.253 e. The first kappa shape index (κ1) is 13.5. The summed E-state index contributed by atoms with van der Waals surface area (Å²) in [6, 6.07) is 7.11. The minimum absolute atomic E-state index is 0.317. The van der Waals surface area contributed by atoms with Crippen LogP contribution in [0.4, 0.5) is 0 Å². The summed E-state index contributed by atoms with van der Waals surface area (Å²) < 4.78 is 5.71. The van der Waals surface area contributed by atoms with Crippen LogP contribution in [-0.4, -0.2) is 18.6 Å². The largest absolute Gasteiger partial charge is 0.497 e. The summed E-state index contributed by atoms with van der Waals surface area (Å²) in [6.45, 7) is 3.28. The number of benzene rings is 1. The van der Waals surface area contributed by atoms with E-state index in [9.17, 15) is 4.79 Å². The Morgan fingerprint density at radius 2 is 2.18 bits per heavy atom. The summed E-state index contributed by atoms with van der Waals surface area (Å²) in [4.78, 5) is 12.0. The topological polar surface area (TPSA) is 62.1 Å². The third kappa shape index (κ3) is 3.46. The molecular formula is C12H13BrN2O2. The van der Waals surface area contributed by atoms with Crippen molar-refractivity contribution in [3.63, 3.8) is 0 Å². The van der Waals surface area contributed by atoms with Gasteiger partial charge < -0.3 is 10.1 Å². The Labute approximate surface area is 109 Å². The Bertz CT molecular complexity index is 478. The zero-order chi connectivity index (χ0) is 13.1. The van der Waals surface area contributed by atoms with E-state index in [-0.39, 0.29) is 5.91 Å². The molecule has 1 aromatic rings. The van der Waals surface area contributed by atoms with Crippen molar-refractivity contribution in [1.82, 2.24) is 5.32 Å². The van der Waals surface area contributed by atoms with Crippen molar-refractivity contribution in [2.24, 2.45) is 0 Å². The van der Waals surface area contributed by atoms with E-state index in [1.54, 1.807) is 32.0 Å². The molecule has 1 amide bonds. The van der Waals surface area contributed by atoms with Crippen LogP contribution in [0.3, 0.4) is 0 Å². The molecule has 0 saturated heterocycles. The molecule has 0 aliphatic carbocycles. The number of nitriles is 1. The lowest BCUT2D eigenvalue weighted by molar-refractivity contribution is 0.0928. The van der Waals surface area contributed by atoms with Crippen molar-refractivity contribution >= 4 is 21.8 Å². The second-order valence-corrected chi connectivity index (χ2v) is 4.89. The highest BCUT2D eigenvalue weighted by molar-refractivity contribution is 9.10. The molecule has 1 rings (SSSR count). The summed E-state index contributed by atoms with van der Waals surface area (Å²) in [5, 5.41) is 11.5. The van der Waals surface area contributed by atoms with Gasteiger partial charge in [-0.3, -0.25) is 4.79 Å². The highest BCUT2D eigenvalue weighted by Gasteiger charge is 2.21. The predicted molar refractivity (Wildman–Crippen MR) is 67.9 cm³/mol. The fourth-order valence-corrected chi connectivity index (χ4v) is 1.61. The van der Waals surface area contributed by atoms with Crippen LogP contribution in [0.1, 0.15) is 24.2 Å². The van der Waals surface area contributed by atoms with E-state index in [0.717, 1.165) is 0 Å². The van der Waals surface area contributed by atoms with E-state index >= 15 is 0 Å². The van der Waals surface area contributed by atoms with Crippen molar-refractivity contribution < 1.29 is 9.53 Å². The van der Waals surface area contributed by atoms with Gasteiger partial charge >= 0.3 is 0 Å². The Balaban J connectivity index is 3.01. The number of carbonyl (C=O) groups excluding carboxylic acids is 1. The lowest BCUT2D eigenvalue weighted by atomic mass is 10.1. The number of halogens is 1. The molecule has 0 aliphatic rings. The van der Waals surface area contributed by atoms with E-state index in [4.69, 9.17) is 10.00 Å². The summed E-state index contributed by atoms with van der Waals surface area (Å²) in [6.07, 6.45) is 0. The highest BCUT2D eigenvalue weighted by atomic mass is 79.9. The van der Waals surface area contributed by atoms with Crippen LogP contribution in [0.25, 0.3) is 0 Å². The maximum absolute atomic E-state index is 12.0. The first-order chi connectivity index (χ1) is 7.89. The molecule has 0 atom stereocenters. The van der Waals surface area contributed by atoms with Gasteiger partial charge in [0.1, 0.15) is 11.3 Å². The highest BCUT2D eigenvalue weighted by Crippen LogP contribution is 2.22. The number of amides is 1. The first-order valence-corrected chi connectivity index (χ1v) is 5.76. The molecule has 0 radical (unpaired) electrons. The number of ether oxygens (including phenoxy) is 1. The molecule has 5 heteroatoms. The fraction of sp³-hybridized carbons (Fsp3) is 0.333. The second kappa shape index (κ2) is 5.19. The fourth-order valence-electron chi connectivity index (χ4n) is 1.18. The number of rotatable bonds is 3. The Morgan fingerprint density at radius 3 is 2.71 bits per heavy atom. The molecule has 1 aromatic carbocycles. The normalized spacial score (nSPS) is 10.5. The van der Waals surface area contributed by atoms with Crippen molar-refractivity contribution in [2.45, 2.75) is 19.4 Å². The number of methoxy groups -OCH3 is 1. The number of hydrogen-bond acceptors (Lipinski definition) is 3. The average molecular weight is 297 g/mol. The van der Waals surface area contributed by atoms with E-state index in [2.05, 4.69) is 21.2 Å². The van der Waals surface area contributed by atoms with Gasteiger partial charge in [0.25, 0.3) is 5.91 Å². The van der Waals surface area contributed by atoms with Gasteiger partial charge in [-0.1, -0.05) is 0 Å². The molecule has 0 heterocycles. The number of nitrogens with zero attached hydrogens (tertiary/aromatic N) is 1. The van der Waals surface area contributed by atoms with Crippen molar-refractivity contribution in [2.75, 3.05) is 7.11 Å². The minimum atomic E-state index is -0.903. The van der Waals surface area contributed by atoms with Gasteiger partial charge in [0.15, 0.2) is 0 Å². The van der Waals surface area contributed by atoms with Crippen LogP contribution in [-0.2, 0) is 0 Å². The molecule has 17 heavy (non-hydrogen) atoms. The van der Waals surface area contributed by atoms with Gasteiger partial charge in [-0.25, -0.2) is 0 Å². The van der Waals surface area contributed by atoms with Gasteiger partial charge in [-0.15, -0.1) is 0 Å². The molecule has 0 aliphatic heterocycles. The van der Waals surface area contributed by atoms with Crippen LogP contribution in [0, 0.1) is 11.3 Å². The van der Waals surface area contributed by atoms with Crippen LogP contribution in [0.15, 0.2) is 22.7 Å². The molecule has 90 valence electrons. The summed E-state index contributed by atoms with van der Waals surface area (Å²) in [5.41, 5.74) is -0.466. The van der Waals surface area contributed by atoms with Crippen LogP contribution in [0.2, 0.25) is 0 Å². The molecule has 0 unspecified atom stereocenters. The van der Waals surface area contributed by atoms with Gasteiger partial charge in [0.2, 0.25) is 0 Å². The van der Waals surface area contributed by atoms with E-state index < -0.39 is 5.54 Å². The molecular weight excluding hydrogens is 284 g/mol. The van der Waals surface area contributed by atoms with Crippen LogP contribution < -0.4 is 10.1 Å². The first-order valence-electron chi connectivity index (χ1n) is 4.97. The standard InChI is InChI=1S/C12H13BrN2O2/c1-12(2,7-14)15-11(16)9-6-8(17-3)4-5-10(9)13/h4-6H,1-3H3,(H,15,16). The predicted octanol–water partition coefficient (Wildman–Crippen LogP) is 2.49. The van der Waals surface area contributed by atoms with E-state index in [1.807, 2.05) is 6.07 Å². The van der Waals surface area contributed by atoms with Crippen molar-refractivity contribution in [3.05, 3.63) is 28.2 Å². The third-order valence-electron chi connectivity index (χ3n) is 2.12. The summed E-state index contributed by atoms with van der Waals surface area (Å²) in [7, 11) is 1.53. The molecule has 0 spiro atoms. The minimum Gasteiger partial charge on any atom is -0.497 e. The Morgan fingerprint density at radius 1 is 1.53 bits per heavy atom. The monoisotopic (exact) mass is 296 g/mol. The van der Waals surface area contributed by atoms with E-state index in [0.29, 0.717) is 15.8 Å². The lowest BCUT2D eigenvalue weighted by Crippen LogP contribution is -2.42.